The highest BCUT2D eigenvalue weighted by atomic mass is 19.1. The molecule has 0 saturated heterocycles. The number of carbonyl (C=O) groups is 1. The summed E-state index contributed by atoms with van der Waals surface area (Å²) >= 11 is 0. The Kier molecular flexibility index (Phi) is 5.62. The van der Waals surface area contributed by atoms with E-state index in [0.717, 1.165) is 6.42 Å². The Hall–Kier alpha value is -1.58. The summed E-state index contributed by atoms with van der Waals surface area (Å²) in [5, 5.41) is 0. The molecule has 0 aliphatic heterocycles. The van der Waals surface area contributed by atoms with Crippen molar-refractivity contribution in [1.29, 1.82) is 0 Å². The van der Waals surface area contributed by atoms with E-state index in [1.54, 1.807) is 19.1 Å². The lowest BCUT2D eigenvalue weighted by Gasteiger charge is -2.16. The smallest absolute Gasteiger partial charge is 0.309 e. The molecule has 1 aromatic rings. The van der Waals surface area contributed by atoms with E-state index in [-0.39, 0.29) is 30.4 Å². The fourth-order valence-electron chi connectivity index (χ4n) is 1.29. The first kappa shape index (κ1) is 14.5. The molecule has 0 spiro atoms. The third-order valence-electron chi connectivity index (χ3n) is 2.61. The summed E-state index contributed by atoms with van der Waals surface area (Å²) in [7, 11) is 0. The number of carbonyl (C=O) groups excluding carboxylic acids is 1. The molecule has 0 radical (unpaired) electrons. The molecule has 1 aromatic carbocycles. The first-order chi connectivity index (χ1) is 8.52. The van der Waals surface area contributed by atoms with Crippen LogP contribution in [0.5, 0.6) is 5.75 Å². The van der Waals surface area contributed by atoms with E-state index in [1.165, 1.54) is 12.1 Å². The largest absolute Gasteiger partial charge is 0.490 e. The van der Waals surface area contributed by atoms with Crippen LogP contribution in [0.2, 0.25) is 0 Å². The molecule has 0 aromatic heterocycles. The molecular formula is C14H19FO3. The van der Waals surface area contributed by atoms with Crippen LogP contribution in [0.25, 0.3) is 0 Å². The van der Waals surface area contributed by atoms with Gasteiger partial charge in [0.1, 0.15) is 24.3 Å². The van der Waals surface area contributed by atoms with Crippen molar-refractivity contribution in [2.24, 2.45) is 5.92 Å². The molecule has 2 unspecified atom stereocenters. The fourth-order valence-corrected chi connectivity index (χ4v) is 1.29. The molecular weight excluding hydrogens is 235 g/mol. The normalized spacial score (nSPS) is 13.8. The lowest BCUT2D eigenvalue weighted by molar-refractivity contribution is -0.154. The molecule has 0 heterocycles. The van der Waals surface area contributed by atoms with Gasteiger partial charge < -0.3 is 9.47 Å². The van der Waals surface area contributed by atoms with Gasteiger partial charge in [-0.15, -0.1) is 0 Å². The van der Waals surface area contributed by atoms with Gasteiger partial charge in [0.2, 0.25) is 0 Å². The second-order valence-corrected chi connectivity index (χ2v) is 4.33. The quantitative estimate of drug-likeness (QED) is 0.731. The van der Waals surface area contributed by atoms with E-state index in [0.29, 0.717) is 5.75 Å². The monoisotopic (exact) mass is 254 g/mol. The Morgan fingerprint density at radius 1 is 1.39 bits per heavy atom. The van der Waals surface area contributed by atoms with E-state index in [2.05, 4.69) is 0 Å². The van der Waals surface area contributed by atoms with Crippen molar-refractivity contribution in [3.05, 3.63) is 30.1 Å². The zero-order chi connectivity index (χ0) is 13.5. The molecule has 0 saturated carbocycles. The lowest BCUT2D eigenvalue weighted by Crippen LogP contribution is -2.25. The Morgan fingerprint density at radius 3 is 2.72 bits per heavy atom. The van der Waals surface area contributed by atoms with Crippen LogP contribution < -0.4 is 4.74 Å². The molecule has 0 N–H and O–H groups in total. The second kappa shape index (κ2) is 6.99. The van der Waals surface area contributed by atoms with Crippen LogP contribution in [0.4, 0.5) is 4.39 Å². The third-order valence-corrected chi connectivity index (χ3v) is 2.61. The van der Waals surface area contributed by atoms with Gasteiger partial charge in [-0.2, -0.15) is 0 Å². The van der Waals surface area contributed by atoms with Crippen LogP contribution in [0.3, 0.4) is 0 Å². The maximum atomic E-state index is 12.9. The molecule has 0 fully saturated rings. The standard InChI is InChI=1S/C14H19FO3/c1-4-10(2)14(16)18-11(3)9-17-13-7-5-6-12(15)8-13/h5-8,10-11H,4,9H2,1-3H3. The molecule has 2 atom stereocenters. The number of esters is 1. The van der Waals surface area contributed by atoms with E-state index in [1.807, 2.05) is 13.8 Å². The summed E-state index contributed by atoms with van der Waals surface area (Å²) < 4.78 is 23.4. The van der Waals surface area contributed by atoms with Crippen molar-refractivity contribution >= 4 is 5.97 Å². The first-order valence-electron chi connectivity index (χ1n) is 6.11. The zero-order valence-corrected chi connectivity index (χ0v) is 11.0. The lowest BCUT2D eigenvalue weighted by atomic mass is 10.1. The summed E-state index contributed by atoms with van der Waals surface area (Å²) in [5.41, 5.74) is 0. The predicted molar refractivity (Wildman–Crippen MR) is 66.9 cm³/mol. The number of halogens is 1. The summed E-state index contributed by atoms with van der Waals surface area (Å²) in [4.78, 5) is 11.5. The molecule has 18 heavy (non-hydrogen) atoms. The van der Waals surface area contributed by atoms with Gasteiger partial charge in [0, 0.05) is 6.07 Å². The predicted octanol–water partition coefficient (Wildman–Crippen LogP) is 3.18. The molecule has 100 valence electrons. The first-order valence-corrected chi connectivity index (χ1v) is 6.11. The fraction of sp³-hybridized carbons (Fsp3) is 0.500. The minimum absolute atomic E-state index is 0.110. The van der Waals surface area contributed by atoms with Crippen molar-refractivity contribution in [3.8, 4) is 5.75 Å². The van der Waals surface area contributed by atoms with Crippen LogP contribution in [0, 0.1) is 11.7 Å². The average molecular weight is 254 g/mol. The summed E-state index contributed by atoms with van der Waals surface area (Å²) in [5.74, 6) is -0.257. The minimum Gasteiger partial charge on any atom is -0.490 e. The van der Waals surface area contributed by atoms with Gasteiger partial charge in [-0.3, -0.25) is 4.79 Å². The molecule has 0 bridgehead atoms. The highest BCUT2D eigenvalue weighted by Gasteiger charge is 2.15. The van der Waals surface area contributed by atoms with Gasteiger partial charge in [-0.05, 0) is 25.5 Å². The third kappa shape index (κ3) is 4.73. The minimum atomic E-state index is -0.352. The van der Waals surface area contributed by atoms with E-state index in [4.69, 9.17) is 9.47 Å². The van der Waals surface area contributed by atoms with Crippen LogP contribution in [0.1, 0.15) is 27.2 Å². The van der Waals surface area contributed by atoms with Crippen LogP contribution in [-0.2, 0) is 9.53 Å². The van der Waals surface area contributed by atoms with Crippen molar-refractivity contribution in [3.63, 3.8) is 0 Å². The van der Waals surface area contributed by atoms with Crippen molar-refractivity contribution in [2.75, 3.05) is 6.61 Å². The summed E-state index contributed by atoms with van der Waals surface area (Å²) in [6.07, 6.45) is 0.394. The maximum Gasteiger partial charge on any atom is 0.309 e. The molecule has 4 heteroatoms. The highest BCUT2D eigenvalue weighted by molar-refractivity contribution is 5.72. The highest BCUT2D eigenvalue weighted by Crippen LogP contribution is 2.13. The van der Waals surface area contributed by atoms with Gasteiger partial charge in [0.05, 0.1) is 5.92 Å². The number of ether oxygens (including phenoxy) is 2. The summed E-state index contributed by atoms with van der Waals surface area (Å²) in [6, 6.07) is 5.87. The van der Waals surface area contributed by atoms with E-state index in [9.17, 15) is 9.18 Å². The topological polar surface area (TPSA) is 35.5 Å². The number of hydrogen-bond acceptors (Lipinski definition) is 3. The second-order valence-electron chi connectivity index (χ2n) is 4.33. The van der Waals surface area contributed by atoms with Crippen LogP contribution in [0.15, 0.2) is 24.3 Å². The Bertz CT molecular complexity index is 392. The summed E-state index contributed by atoms with van der Waals surface area (Å²) in [6.45, 7) is 5.72. The van der Waals surface area contributed by atoms with Gasteiger partial charge in [-0.1, -0.05) is 19.9 Å². The van der Waals surface area contributed by atoms with E-state index >= 15 is 0 Å². The molecule has 1 rings (SSSR count). The van der Waals surface area contributed by atoms with Crippen molar-refractivity contribution < 1.29 is 18.7 Å². The molecule has 3 nitrogen and oxygen atoms in total. The molecule has 0 aliphatic rings. The number of benzene rings is 1. The van der Waals surface area contributed by atoms with Crippen molar-refractivity contribution in [2.45, 2.75) is 33.3 Å². The molecule has 0 amide bonds. The molecule has 0 aliphatic carbocycles. The van der Waals surface area contributed by atoms with Crippen LogP contribution >= 0.6 is 0 Å². The SMILES string of the molecule is CCC(C)C(=O)OC(C)COc1cccc(F)c1. The average Bonchev–Trinajstić information content (AvgIpc) is 2.35. The Labute approximate surface area is 107 Å². The van der Waals surface area contributed by atoms with Gasteiger partial charge in [0.25, 0.3) is 0 Å². The van der Waals surface area contributed by atoms with Crippen LogP contribution in [-0.4, -0.2) is 18.7 Å². The number of hydrogen-bond donors (Lipinski definition) is 0. The van der Waals surface area contributed by atoms with Gasteiger partial charge >= 0.3 is 5.97 Å². The van der Waals surface area contributed by atoms with Gasteiger partial charge in [-0.25, -0.2) is 4.39 Å². The van der Waals surface area contributed by atoms with E-state index < -0.39 is 0 Å². The number of rotatable bonds is 6. The van der Waals surface area contributed by atoms with Gasteiger partial charge in [0.15, 0.2) is 0 Å². The zero-order valence-electron chi connectivity index (χ0n) is 11.0. The van der Waals surface area contributed by atoms with Crippen molar-refractivity contribution in [1.82, 2.24) is 0 Å². The Morgan fingerprint density at radius 2 is 2.11 bits per heavy atom. The Balaban J connectivity index is 2.37. The maximum absolute atomic E-state index is 12.9.